The van der Waals surface area contributed by atoms with Crippen molar-refractivity contribution in [2.45, 2.75) is 0 Å². The Labute approximate surface area is 291 Å². The van der Waals surface area contributed by atoms with Crippen LogP contribution in [-0.4, -0.2) is 14.5 Å². The lowest BCUT2D eigenvalue weighted by atomic mass is 10.00. The quantitative estimate of drug-likeness (QED) is 0.190. The van der Waals surface area contributed by atoms with E-state index in [1.807, 2.05) is 0 Å². The molecule has 0 unspecified atom stereocenters. The van der Waals surface area contributed by atoms with Crippen molar-refractivity contribution < 1.29 is 0 Å². The van der Waals surface area contributed by atoms with E-state index < -0.39 is 0 Å². The molecule has 3 heterocycles. The third-order valence-electron chi connectivity index (χ3n) is 10.2. The van der Waals surface area contributed by atoms with Crippen molar-refractivity contribution in [1.29, 1.82) is 0 Å². The fourth-order valence-electron chi connectivity index (χ4n) is 7.84. The molecule has 8 aromatic carbocycles. The first-order valence-electron chi connectivity index (χ1n) is 16.9. The molecule has 0 saturated heterocycles. The fourth-order valence-corrected chi connectivity index (χ4v) is 8.99. The van der Waals surface area contributed by atoms with Gasteiger partial charge in [-0.05, 0) is 80.8 Å². The predicted molar refractivity (Wildman–Crippen MR) is 213 cm³/mol. The summed E-state index contributed by atoms with van der Waals surface area (Å²) in [6.45, 7) is 0. The lowest BCUT2D eigenvalue weighted by Gasteiger charge is -2.11. The van der Waals surface area contributed by atoms with E-state index in [-0.39, 0.29) is 0 Å². The largest absolute Gasteiger partial charge is 0.309 e. The van der Waals surface area contributed by atoms with Crippen molar-refractivity contribution in [2.75, 3.05) is 0 Å². The fraction of sp³-hybridized carbons (Fsp3) is 0. The summed E-state index contributed by atoms with van der Waals surface area (Å²) in [5.74, 6) is 0.731. The van der Waals surface area contributed by atoms with E-state index in [1.165, 1.54) is 64.2 Å². The Bertz CT molecular complexity index is 3060. The van der Waals surface area contributed by atoms with E-state index in [4.69, 9.17) is 9.97 Å². The Morgan fingerprint density at radius 3 is 1.70 bits per heavy atom. The zero-order valence-electron chi connectivity index (χ0n) is 26.8. The third kappa shape index (κ3) is 4.03. The van der Waals surface area contributed by atoms with Crippen LogP contribution < -0.4 is 0 Å². The zero-order valence-corrected chi connectivity index (χ0v) is 27.7. The molecule has 0 N–H and O–H groups in total. The molecule has 0 atom stereocenters. The number of hydrogen-bond acceptors (Lipinski definition) is 3. The van der Waals surface area contributed by atoms with Gasteiger partial charge in [0.15, 0.2) is 5.82 Å². The van der Waals surface area contributed by atoms with Crippen LogP contribution in [0.25, 0.3) is 103 Å². The van der Waals surface area contributed by atoms with Crippen LogP contribution in [0.1, 0.15) is 0 Å². The Hall–Kier alpha value is -6.36. The average Bonchev–Trinajstić information content (AvgIpc) is 3.74. The van der Waals surface area contributed by atoms with Crippen LogP contribution in [0.5, 0.6) is 0 Å². The molecular formula is C46H27N3S. The van der Waals surface area contributed by atoms with E-state index in [1.54, 1.807) is 11.3 Å². The van der Waals surface area contributed by atoms with Crippen LogP contribution in [0.2, 0.25) is 0 Å². The molecule has 0 fully saturated rings. The Kier molecular flexibility index (Phi) is 5.83. The average molecular weight is 654 g/mol. The molecule has 50 heavy (non-hydrogen) atoms. The van der Waals surface area contributed by atoms with Gasteiger partial charge in [-0.1, -0.05) is 115 Å². The number of benzene rings is 8. The molecule has 0 amide bonds. The molecule has 4 heteroatoms. The lowest BCUT2D eigenvalue weighted by molar-refractivity contribution is 1.18. The molecule has 0 aliphatic carbocycles. The van der Waals surface area contributed by atoms with Crippen LogP contribution >= 0.6 is 11.3 Å². The van der Waals surface area contributed by atoms with Gasteiger partial charge in [-0.15, -0.1) is 11.3 Å². The van der Waals surface area contributed by atoms with Gasteiger partial charge >= 0.3 is 0 Å². The molecule has 3 nitrogen and oxygen atoms in total. The van der Waals surface area contributed by atoms with Crippen molar-refractivity contribution in [3.63, 3.8) is 0 Å². The van der Waals surface area contributed by atoms with E-state index in [2.05, 4.69) is 168 Å². The molecule has 232 valence electrons. The first-order chi connectivity index (χ1) is 24.8. The van der Waals surface area contributed by atoms with Crippen LogP contribution in [0.3, 0.4) is 0 Å². The monoisotopic (exact) mass is 653 g/mol. The van der Waals surface area contributed by atoms with Crippen molar-refractivity contribution in [1.82, 2.24) is 14.5 Å². The highest BCUT2D eigenvalue weighted by atomic mass is 32.1. The van der Waals surface area contributed by atoms with Crippen molar-refractivity contribution in [3.8, 4) is 28.3 Å². The summed E-state index contributed by atoms with van der Waals surface area (Å²) in [4.78, 5) is 10.5. The summed E-state index contributed by atoms with van der Waals surface area (Å²) in [6.07, 6.45) is 0. The summed E-state index contributed by atoms with van der Waals surface area (Å²) < 4.78 is 4.74. The molecule has 0 aliphatic heterocycles. The molecule has 3 aromatic heterocycles. The minimum atomic E-state index is 0.731. The summed E-state index contributed by atoms with van der Waals surface area (Å²) in [5, 5.41) is 11.2. The molecule has 0 radical (unpaired) electrons. The number of nitrogens with zero attached hydrogens (tertiary/aromatic N) is 3. The van der Waals surface area contributed by atoms with E-state index in [0.717, 1.165) is 38.5 Å². The van der Waals surface area contributed by atoms with Gasteiger partial charge in [0.2, 0.25) is 0 Å². The molecule has 0 aliphatic rings. The normalized spacial score (nSPS) is 12.0. The highest BCUT2D eigenvalue weighted by Crippen LogP contribution is 2.42. The highest BCUT2D eigenvalue weighted by Gasteiger charge is 2.19. The maximum Gasteiger partial charge on any atom is 0.160 e. The van der Waals surface area contributed by atoms with Crippen molar-refractivity contribution >= 4 is 85.8 Å². The predicted octanol–water partition coefficient (Wildman–Crippen LogP) is 12.7. The van der Waals surface area contributed by atoms with Gasteiger partial charge in [-0.25, -0.2) is 9.97 Å². The minimum absolute atomic E-state index is 0.731. The Morgan fingerprint density at radius 2 is 1.00 bits per heavy atom. The standard InChI is InChI=1S/C46H27N3S/c1-2-12-32-27-33(18-17-28(32)9-1)43-45-44(37-15-7-8-16-40(37)50-45)48-46(47-43)31-19-23-34(24-20-31)49-38-25-21-29-10-3-5-13-35(29)41(38)42-36-14-6-4-11-30(36)22-26-39(42)49/h1-27H. The number of aromatic nitrogens is 3. The number of thiophene rings is 1. The van der Waals surface area contributed by atoms with E-state index in [9.17, 15) is 0 Å². The molecule has 11 aromatic rings. The van der Waals surface area contributed by atoms with Gasteiger partial charge in [-0.3, -0.25) is 0 Å². The molecule has 0 spiro atoms. The van der Waals surface area contributed by atoms with Crippen LogP contribution in [-0.2, 0) is 0 Å². The van der Waals surface area contributed by atoms with Crippen LogP contribution in [0.15, 0.2) is 164 Å². The van der Waals surface area contributed by atoms with Crippen LogP contribution in [0.4, 0.5) is 0 Å². The first-order valence-corrected chi connectivity index (χ1v) is 17.7. The molecule has 11 rings (SSSR count). The van der Waals surface area contributed by atoms with Gasteiger partial charge in [0, 0.05) is 37.7 Å². The summed E-state index contributed by atoms with van der Waals surface area (Å²) in [6, 6.07) is 58.9. The van der Waals surface area contributed by atoms with Gasteiger partial charge < -0.3 is 4.57 Å². The third-order valence-corrected chi connectivity index (χ3v) is 11.3. The second-order valence-corrected chi connectivity index (χ2v) is 14.0. The highest BCUT2D eigenvalue weighted by molar-refractivity contribution is 7.26. The summed E-state index contributed by atoms with van der Waals surface area (Å²) in [5.41, 5.74) is 7.57. The molecule has 0 saturated carbocycles. The number of hydrogen-bond donors (Lipinski definition) is 0. The van der Waals surface area contributed by atoms with Crippen molar-refractivity contribution in [3.05, 3.63) is 164 Å². The van der Waals surface area contributed by atoms with Gasteiger partial charge in [0.1, 0.15) is 0 Å². The zero-order chi connectivity index (χ0) is 32.8. The van der Waals surface area contributed by atoms with Gasteiger partial charge in [0.25, 0.3) is 0 Å². The Morgan fingerprint density at radius 1 is 0.440 bits per heavy atom. The maximum atomic E-state index is 5.30. The maximum absolute atomic E-state index is 5.30. The molecular weight excluding hydrogens is 627 g/mol. The smallest absolute Gasteiger partial charge is 0.160 e. The van der Waals surface area contributed by atoms with Crippen LogP contribution in [0, 0.1) is 0 Å². The number of fused-ring (bicyclic) bond motifs is 11. The second-order valence-electron chi connectivity index (χ2n) is 13.0. The summed E-state index contributed by atoms with van der Waals surface area (Å²) >= 11 is 1.77. The SMILES string of the molecule is c1ccc2cc(-c3nc(-c4ccc(-n5c6ccc7ccccc7c6c6c7ccccc7ccc65)cc4)nc4c3sc3ccccc34)ccc2c1. The van der Waals surface area contributed by atoms with Gasteiger partial charge in [-0.2, -0.15) is 0 Å². The summed E-state index contributed by atoms with van der Waals surface area (Å²) in [7, 11) is 0. The van der Waals surface area contributed by atoms with Crippen molar-refractivity contribution in [2.24, 2.45) is 0 Å². The van der Waals surface area contributed by atoms with Gasteiger partial charge in [0.05, 0.1) is 26.9 Å². The van der Waals surface area contributed by atoms with E-state index in [0.29, 0.717) is 0 Å². The minimum Gasteiger partial charge on any atom is -0.309 e. The first kappa shape index (κ1) is 27.6. The van der Waals surface area contributed by atoms with E-state index >= 15 is 0 Å². The number of rotatable bonds is 3. The molecule has 0 bridgehead atoms. The topological polar surface area (TPSA) is 30.7 Å². The lowest BCUT2D eigenvalue weighted by Crippen LogP contribution is -1.96. The Balaban J connectivity index is 1.13. The second kappa shape index (κ2) is 10.6.